The third-order valence-corrected chi connectivity index (χ3v) is 5.74. The number of carbonyl (C=O) groups is 2. The summed E-state index contributed by atoms with van der Waals surface area (Å²) in [5.74, 6) is -0.142. The number of aryl methyl sites for hydroxylation is 1. The van der Waals surface area contributed by atoms with Gasteiger partial charge in [-0.3, -0.25) is 10.1 Å². The molecule has 11 heteroatoms. The van der Waals surface area contributed by atoms with Crippen molar-refractivity contribution in [2.75, 3.05) is 38.2 Å². The van der Waals surface area contributed by atoms with E-state index in [0.29, 0.717) is 31.4 Å². The van der Waals surface area contributed by atoms with Gasteiger partial charge in [0, 0.05) is 18.5 Å². The van der Waals surface area contributed by atoms with Gasteiger partial charge in [-0.05, 0) is 6.92 Å². The van der Waals surface area contributed by atoms with Gasteiger partial charge in [0.2, 0.25) is 5.91 Å². The molecule has 2 aromatic rings. The van der Waals surface area contributed by atoms with E-state index < -0.39 is 6.03 Å². The summed E-state index contributed by atoms with van der Waals surface area (Å²) in [6, 6.07) is 1.59. The van der Waals surface area contributed by atoms with E-state index in [9.17, 15) is 9.59 Å². The van der Waals surface area contributed by atoms with E-state index >= 15 is 0 Å². The molecule has 0 bridgehead atoms. The minimum absolute atomic E-state index is 0.0767. The smallest absolute Gasteiger partial charge is 0.321 e. The number of carbonyl (C=O) groups excluding carboxylic acids is 2. The summed E-state index contributed by atoms with van der Waals surface area (Å²) in [5.41, 5.74) is 1.49. The SMILES string of the molecule is Cc1nc(NC(=O)NCC(=O)N2CCOCC2)sc1-c1csc(CC#N)n1. The highest BCUT2D eigenvalue weighted by molar-refractivity contribution is 7.19. The molecule has 142 valence electrons. The van der Waals surface area contributed by atoms with Gasteiger partial charge in [0.1, 0.15) is 5.01 Å². The van der Waals surface area contributed by atoms with Crippen molar-refractivity contribution in [3.8, 4) is 16.6 Å². The van der Waals surface area contributed by atoms with Crippen LogP contribution in [0.2, 0.25) is 0 Å². The quantitative estimate of drug-likeness (QED) is 0.778. The standard InChI is InChI=1S/C16H18N6O3S2/c1-10-14(11-9-26-12(20-11)2-3-17)27-16(19-10)21-15(24)18-8-13(23)22-4-6-25-7-5-22/h9H,2,4-8H2,1H3,(H2,18,19,21,24). The van der Waals surface area contributed by atoms with Crippen LogP contribution in [0.5, 0.6) is 0 Å². The zero-order chi connectivity index (χ0) is 19.2. The van der Waals surface area contributed by atoms with E-state index in [1.807, 2.05) is 12.3 Å². The van der Waals surface area contributed by atoms with Crippen LogP contribution >= 0.6 is 22.7 Å². The first-order valence-corrected chi connectivity index (χ1v) is 9.96. The number of amides is 3. The largest absolute Gasteiger partial charge is 0.378 e. The molecule has 2 aromatic heterocycles. The zero-order valence-electron chi connectivity index (χ0n) is 14.7. The van der Waals surface area contributed by atoms with Crippen LogP contribution in [0.3, 0.4) is 0 Å². The van der Waals surface area contributed by atoms with Crippen LogP contribution in [0.15, 0.2) is 5.38 Å². The van der Waals surface area contributed by atoms with Crippen LogP contribution < -0.4 is 10.6 Å². The molecule has 0 spiro atoms. The Morgan fingerprint density at radius 2 is 2.15 bits per heavy atom. The third kappa shape index (κ3) is 5.00. The topological polar surface area (TPSA) is 120 Å². The number of nitrogens with zero attached hydrogens (tertiary/aromatic N) is 4. The van der Waals surface area contributed by atoms with Crippen molar-refractivity contribution < 1.29 is 14.3 Å². The first-order chi connectivity index (χ1) is 13.1. The fraction of sp³-hybridized carbons (Fsp3) is 0.438. The monoisotopic (exact) mass is 406 g/mol. The molecule has 27 heavy (non-hydrogen) atoms. The number of nitriles is 1. The summed E-state index contributed by atoms with van der Waals surface area (Å²) in [4.78, 5) is 35.3. The second-order valence-corrected chi connectivity index (χ2v) is 7.64. The Bertz CT molecular complexity index is 866. The van der Waals surface area contributed by atoms with Gasteiger partial charge in [-0.1, -0.05) is 11.3 Å². The summed E-state index contributed by atoms with van der Waals surface area (Å²) >= 11 is 2.72. The minimum Gasteiger partial charge on any atom is -0.378 e. The maximum absolute atomic E-state index is 12.0. The molecule has 1 saturated heterocycles. The van der Waals surface area contributed by atoms with Gasteiger partial charge in [-0.2, -0.15) is 5.26 Å². The van der Waals surface area contributed by atoms with Gasteiger partial charge in [-0.25, -0.2) is 14.8 Å². The molecule has 2 N–H and O–H groups in total. The summed E-state index contributed by atoms with van der Waals surface area (Å²) in [5, 5.41) is 17.0. The first-order valence-electron chi connectivity index (χ1n) is 8.26. The Labute approximate surface area is 164 Å². The number of thiazole rings is 2. The number of hydrogen-bond donors (Lipinski definition) is 2. The van der Waals surface area contributed by atoms with Crippen molar-refractivity contribution in [2.24, 2.45) is 0 Å². The number of urea groups is 1. The molecule has 0 saturated carbocycles. The lowest BCUT2D eigenvalue weighted by molar-refractivity contribution is -0.134. The second kappa shape index (κ2) is 8.90. The van der Waals surface area contributed by atoms with Gasteiger partial charge >= 0.3 is 6.03 Å². The number of nitrogens with one attached hydrogen (secondary N) is 2. The lowest BCUT2D eigenvalue weighted by Gasteiger charge is -2.26. The molecular formula is C16H18N6O3S2. The van der Waals surface area contributed by atoms with Crippen LogP contribution in [-0.4, -0.2) is 59.7 Å². The Kier molecular flexibility index (Phi) is 6.33. The van der Waals surface area contributed by atoms with Gasteiger partial charge < -0.3 is 15.0 Å². The van der Waals surface area contributed by atoms with Crippen molar-refractivity contribution in [1.82, 2.24) is 20.2 Å². The number of rotatable bonds is 5. The van der Waals surface area contributed by atoms with Gasteiger partial charge in [-0.15, -0.1) is 11.3 Å². The molecule has 3 heterocycles. The van der Waals surface area contributed by atoms with Gasteiger partial charge in [0.25, 0.3) is 0 Å². The van der Waals surface area contributed by atoms with Crippen LogP contribution in [0.1, 0.15) is 10.7 Å². The molecule has 3 amide bonds. The predicted molar refractivity (Wildman–Crippen MR) is 102 cm³/mol. The summed E-state index contributed by atoms with van der Waals surface area (Å²) in [7, 11) is 0. The molecule has 1 fully saturated rings. The first kappa shape index (κ1) is 19.2. The Balaban J connectivity index is 1.55. The van der Waals surface area contributed by atoms with Crippen LogP contribution in [0.4, 0.5) is 9.93 Å². The number of morpholine rings is 1. The Morgan fingerprint density at radius 1 is 1.37 bits per heavy atom. The minimum atomic E-state index is -0.486. The lowest BCUT2D eigenvalue weighted by atomic mass is 10.3. The zero-order valence-corrected chi connectivity index (χ0v) is 16.3. The number of ether oxygens (including phenoxy) is 1. The van der Waals surface area contributed by atoms with Crippen molar-refractivity contribution in [2.45, 2.75) is 13.3 Å². The molecule has 3 rings (SSSR count). The maximum atomic E-state index is 12.0. The number of aromatic nitrogens is 2. The molecule has 0 atom stereocenters. The third-order valence-electron chi connectivity index (χ3n) is 3.80. The highest BCUT2D eigenvalue weighted by Gasteiger charge is 2.18. The lowest BCUT2D eigenvalue weighted by Crippen LogP contribution is -2.46. The molecule has 0 unspecified atom stereocenters. The van der Waals surface area contributed by atoms with Gasteiger partial charge in [0.15, 0.2) is 5.13 Å². The number of anilines is 1. The molecule has 0 aromatic carbocycles. The molecule has 0 radical (unpaired) electrons. The molecule has 9 nitrogen and oxygen atoms in total. The fourth-order valence-electron chi connectivity index (χ4n) is 2.47. The van der Waals surface area contributed by atoms with Crippen LogP contribution in [0, 0.1) is 18.3 Å². The number of hydrogen-bond acceptors (Lipinski definition) is 8. The average molecular weight is 406 g/mol. The Morgan fingerprint density at radius 3 is 2.89 bits per heavy atom. The van der Waals surface area contributed by atoms with Crippen molar-refractivity contribution >= 4 is 39.7 Å². The molecule has 1 aliphatic heterocycles. The summed E-state index contributed by atoms with van der Waals surface area (Å²) in [6.45, 7) is 3.88. The maximum Gasteiger partial charge on any atom is 0.321 e. The van der Waals surface area contributed by atoms with E-state index in [0.717, 1.165) is 21.3 Å². The molecule has 1 aliphatic rings. The predicted octanol–water partition coefficient (Wildman–Crippen LogP) is 1.62. The fourth-order valence-corrected chi connectivity index (χ4v) is 4.19. The Hall–Kier alpha value is -2.55. The van der Waals surface area contributed by atoms with E-state index in [2.05, 4.69) is 26.7 Å². The summed E-state index contributed by atoms with van der Waals surface area (Å²) < 4.78 is 5.20. The second-order valence-electron chi connectivity index (χ2n) is 5.70. The normalized spacial score (nSPS) is 13.9. The van der Waals surface area contributed by atoms with Crippen molar-refractivity contribution in [3.05, 3.63) is 16.1 Å². The highest BCUT2D eigenvalue weighted by atomic mass is 32.1. The summed E-state index contributed by atoms with van der Waals surface area (Å²) in [6.07, 6.45) is 0.271. The van der Waals surface area contributed by atoms with Crippen LogP contribution in [-0.2, 0) is 16.0 Å². The molecular weight excluding hydrogens is 388 g/mol. The van der Waals surface area contributed by atoms with Crippen molar-refractivity contribution in [3.63, 3.8) is 0 Å². The van der Waals surface area contributed by atoms with E-state index in [-0.39, 0.29) is 18.9 Å². The average Bonchev–Trinajstić information content (AvgIpc) is 3.27. The van der Waals surface area contributed by atoms with E-state index in [1.54, 1.807) is 4.90 Å². The van der Waals surface area contributed by atoms with Crippen molar-refractivity contribution in [1.29, 1.82) is 5.26 Å². The van der Waals surface area contributed by atoms with Crippen LogP contribution in [0.25, 0.3) is 10.6 Å². The van der Waals surface area contributed by atoms with E-state index in [4.69, 9.17) is 10.00 Å². The molecule has 0 aliphatic carbocycles. The van der Waals surface area contributed by atoms with Gasteiger partial charge in [0.05, 0.1) is 48.5 Å². The van der Waals surface area contributed by atoms with E-state index in [1.165, 1.54) is 22.7 Å². The highest BCUT2D eigenvalue weighted by Crippen LogP contribution is 2.33.